The van der Waals surface area contributed by atoms with Crippen molar-refractivity contribution in [3.63, 3.8) is 0 Å². The molecule has 0 saturated heterocycles. The van der Waals surface area contributed by atoms with Crippen LogP contribution in [0.15, 0.2) is 30.6 Å². The van der Waals surface area contributed by atoms with E-state index < -0.39 is 5.82 Å². The van der Waals surface area contributed by atoms with Gasteiger partial charge >= 0.3 is 0 Å². The number of nitrogens with zero attached hydrogens (tertiary/aromatic N) is 2. The van der Waals surface area contributed by atoms with Gasteiger partial charge in [0.15, 0.2) is 11.2 Å². The summed E-state index contributed by atoms with van der Waals surface area (Å²) in [7, 11) is 0. The van der Waals surface area contributed by atoms with Gasteiger partial charge in [-0.15, -0.1) is 11.3 Å². The molecule has 3 aromatic rings. The van der Waals surface area contributed by atoms with Gasteiger partial charge in [-0.05, 0) is 17.7 Å². The van der Waals surface area contributed by atoms with Crippen LogP contribution in [0.5, 0.6) is 0 Å². The summed E-state index contributed by atoms with van der Waals surface area (Å²) in [5, 5.41) is 0.118. The van der Waals surface area contributed by atoms with Crippen LogP contribution in [0.25, 0.3) is 4.96 Å². The zero-order valence-electron chi connectivity index (χ0n) is 9.64. The zero-order chi connectivity index (χ0) is 13.4. The van der Waals surface area contributed by atoms with Crippen molar-refractivity contribution in [3.05, 3.63) is 57.6 Å². The number of aldehydes is 1. The number of fused-ring (bicyclic) bond motifs is 1. The normalized spacial score (nSPS) is 11.1. The van der Waals surface area contributed by atoms with E-state index in [1.54, 1.807) is 16.5 Å². The number of rotatable bonds is 3. The Morgan fingerprint density at radius 3 is 3.05 bits per heavy atom. The van der Waals surface area contributed by atoms with Crippen LogP contribution in [0.2, 0.25) is 5.02 Å². The van der Waals surface area contributed by atoms with Crippen molar-refractivity contribution in [2.75, 3.05) is 0 Å². The molecule has 2 heterocycles. The lowest BCUT2D eigenvalue weighted by molar-refractivity contribution is 0.111. The predicted octanol–water partition coefficient (Wildman–Crippen LogP) is 3.59. The Kier molecular flexibility index (Phi) is 3.08. The number of hydrogen-bond acceptors (Lipinski definition) is 3. The van der Waals surface area contributed by atoms with Gasteiger partial charge in [0.05, 0.1) is 11.2 Å². The minimum Gasteiger partial charge on any atom is -0.296 e. The van der Waals surface area contributed by atoms with Crippen LogP contribution in [-0.2, 0) is 6.42 Å². The molecule has 0 spiro atoms. The zero-order valence-corrected chi connectivity index (χ0v) is 11.2. The Morgan fingerprint density at radius 1 is 1.47 bits per heavy atom. The number of imidazole rings is 1. The van der Waals surface area contributed by atoms with Gasteiger partial charge in [-0.1, -0.05) is 17.7 Å². The Hall–Kier alpha value is -1.72. The number of carbonyl (C=O) groups is 1. The van der Waals surface area contributed by atoms with E-state index in [4.69, 9.17) is 11.6 Å². The van der Waals surface area contributed by atoms with Gasteiger partial charge in [-0.25, -0.2) is 9.37 Å². The second-order valence-electron chi connectivity index (χ2n) is 4.08. The Balaban J connectivity index is 1.94. The maximum absolute atomic E-state index is 13.1. The lowest BCUT2D eigenvalue weighted by Gasteiger charge is -2.00. The Labute approximate surface area is 117 Å². The van der Waals surface area contributed by atoms with Crippen LogP contribution >= 0.6 is 22.9 Å². The van der Waals surface area contributed by atoms with Gasteiger partial charge in [-0.3, -0.25) is 9.20 Å². The van der Waals surface area contributed by atoms with Crippen LogP contribution in [0.3, 0.4) is 0 Å². The Morgan fingerprint density at radius 2 is 2.32 bits per heavy atom. The van der Waals surface area contributed by atoms with Crippen LogP contribution in [0.1, 0.15) is 20.9 Å². The first-order valence-electron chi connectivity index (χ1n) is 5.52. The fourth-order valence-corrected chi connectivity index (χ4v) is 3.07. The van der Waals surface area contributed by atoms with E-state index >= 15 is 0 Å². The molecule has 0 radical (unpaired) electrons. The molecular weight excluding hydrogens is 287 g/mol. The van der Waals surface area contributed by atoms with E-state index in [1.807, 2.05) is 6.20 Å². The maximum Gasteiger partial charge on any atom is 0.194 e. The smallest absolute Gasteiger partial charge is 0.194 e. The highest BCUT2D eigenvalue weighted by Crippen LogP contribution is 2.23. The first-order valence-corrected chi connectivity index (χ1v) is 6.71. The molecule has 3 nitrogen and oxygen atoms in total. The summed E-state index contributed by atoms with van der Waals surface area (Å²) in [6, 6.07) is 4.66. The molecule has 0 aliphatic rings. The van der Waals surface area contributed by atoms with E-state index in [9.17, 15) is 9.18 Å². The molecule has 0 aliphatic heterocycles. The fraction of sp³-hybridized carbons (Fsp3) is 0.0769. The third-order valence-electron chi connectivity index (χ3n) is 2.77. The Bertz CT molecular complexity index is 765. The largest absolute Gasteiger partial charge is 0.296 e. The first-order chi connectivity index (χ1) is 9.17. The lowest BCUT2D eigenvalue weighted by Crippen LogP contribution is -1.88. The molecule has 2 aromatic heterocycles. The minimum atomic E-state index is -0.422. The molecular formula is C13H8ClFN2OS. The van der Waals surface area contributed by atoms with Crippen LogP contribution in [0, 0.1) is 5.82 Å². The molecule has 0 saturated carbocycles. The standard InChI is InChI=1S/C13H8ClFN2OS/c14-11-4-8(1-2-12(11)15)3-10-6-17-9(7-18)5-16-13(17)19-10/h1-2,4-7H,3H2. The highest BCUT2D eigenvalue weighted by molar-refractivity contribution is 7.17. The molecule has 96 valence electrons. The average Bonchev–Trinajstić information content (AvgIpc) is 2.93. The van der Waals surface area contributed by atoms with Crippen molar-refractivity contribution in [2.24, 2.45) is 0 Å². The monoisotopic (exact) mass is 294 g/mol. The topological polar surface area (TPSA) is 34.4 Å². The molecule has 0 amide bonds. The number of benzene rings is 1. The van der Waals surface area contributed by atoms with Crippen molar-refractivity contribution >= 4 is 34.2 Å². The molecule has 6 heteroatoms. The molecule has 1 aromatic carbocycles. The van der Waals surface area contributed by atoms with Gasteiger partial charge < -0.3 is 0 Å². The molecule has 0 fully saturated rings. The summed E-state index contributed by atoms with van der Waals surface area (Å²) in [6.45, 7) is 0. The third kappa shape index (κ3) is 2.27. The van der Waals surface area contributed by atoms with E-state index in [2.05, 4.69) is 4.98 Å². The fourth-order valence-electron chi connectivity index (χ4n) is 1.87. The second-order valence-corrected chi connectivity index (χ2v) is 5.58. The molecule has 0 N–H and O–H groups in total. The summed E-state index contributed by atoms with van der Waals surface area (Å²) < 4.78 is 14.8. The number of hydrogen-bond donors (Lipinski definition) is 0. The van der Waals surface area contributed by atoms with Gasteiger partial charge in [0.25, 0.3) is 0 Å². The average molecular weight is 295 g/mol. The van der Waals surface area contributed by atoms with E-state index in [-0.39, 0.29) is 5.02 Å². The minimum absolute atomic E-state index is 0.118. The third-order valence-corrected chi connectivity index (χ3v) is 4.06. The second kappa shape index (κ2) is 4.75. The summed E-state index contributed by atoms with van der Waals surface area (Å²) in [6.07, 6.45) is 4.81. The van der Waals surface area contributed by atoms with Crippen LogP contribution < -0.4 is 0 Å². The molecule has 0 unspecified atom stereocenters. The first kappa shape index (κ1) is 12.3. The molecule has 3 rings (SSSR count). The molecule has 0 aliphatic carbocycles. The summed E-state index contributed by atoms with van der Waals surface area (Å²) >= 11 is 7.24. The van der Waals surface area contributed by atoms with Crippen LogP contribution in [-0.4, -0.2) is 15.7 Å². The highest BCUT2D eigenvalue weighted by Gasteiger charge is 2.09. The van der Waals surface area contributed by atoms with Gasteiger partial charge in [0, 0.05) is 17.5 Å². The van der Waals surface area contributed by atoms with E-state index in [0.29, 0.717) is 12.1 Å². The van der Waals surface area contributed by atoms with Gasteiger partial charge in [0.1, 0.15) is 11.5 Å². The lowest BCUT2D eigenvalue weighted by atomic mass is 10.1. The molecule has 0 atom stereocenters. The van der Waals surface area contributed by atoms with E-state index in [1.165, 1.54) is 23.6 Å². The van der Waals surface area contributed by atoms with Crippen molar-refractivity contribution in [1.82, 2.24) is 9.38 Å². The van der Waals surface area contributed by atoms with Gasteiger partial charge in [0.2, 0.25) is 0 Å². The van der Waals surface area contributed by atoms with Gasteiger partial charge in [-0.2, -0.15) is 0 Å². The van der Waals surface area contributed by atoms with Crippen molar-refractivity contribution in [1.29, 1.82) is 0 Å². The highest BCUT2D eigenvalue weighted by atomic mass is 35.5. The summed E-state index contributed by atoms with van der Waals surface area (Å²) in [5.74, 6) is -0.422. The molecule has 0 bridgehead atoms. The number of thiazole rings is 1. The molecule has 19 heavy (non-hydrogen) atoms. The maximum atomic E-state index is 13.1. The quantitative estimate of drug-likeness (QED) is 0.692. The summed E-state index contributed by atoms with van der Waals surface area (Å²) in [4.78, 5) is 16.8. The SMILES string of the molecule is O=Cc1cnc2sc(Cc3ccc(F)c(Cl)c3)cn12. The van der Waals surface area contributed by atoms with Crippen molar-refractivity contribution < 1.29 is 9.18 Å². The van der Waals surface area contributed by atoms with Crippen molar-refractivity contribution in [3.8, 4) is 0 Å². The number of halogens is 2. The number of carbonyl (C=O) groups excluding carboxylic acids is 1. The predicted molar refractivity (Wildman–Crippen MR) is 72.7 cm³/mol. The number of aromatic nitrogens is 2. The van der Waals surface area contributed by atoms with E-state index in [0.717, 1.165) is 21.7 Å². The summed E-state index contributed by atoms with van der Waals surface area (Å²) in [5.41, 5.74) is 1.44. The van der Waals surface area contributed by atoms with Crippen molar-refractivity contribution in [2.45, 2.75) is 6.42 Å². The van der Waals surface area contributed by atoms with Crippen LogP contribution in [0.4, 0.5) is 4.39 Å².